The van der Waals surface area contributed by atoms with E-state index in [4.69, 9.17) is 113 Å². The van der Waals surface area contributed by atoms with Crippen molar-refractivity contribution in [2.75, 3.05) is 110 Å². The van der Waals surface area contributed by atoms with Crippen molar-refractivity contribution in [3.05, 3.63) is 128 Å². The molecule has 0 bridgehead atoms. The molecular formula is C67H101N17O29P4S4. The van der Waals surface area contributed by atoms with Gasteiger partial charge in [-0.15, -0.1) is 0 Å². The Balaban J connectivity index is 0.788. The normalized spacial score (nSPS) is 26.7. The topological polar surface area (TPSA) is 605 Å². The molecule has 6 aromatic heterocycles. The number of imidazole rings is 1. The molecule has 11 heterocycles. The molecule has 46 nitrogen and oxygen atoms in total. The summed E-state index contributed by atoms with van der Waals surface area (Å²) in [6.45, 7) is -6.61. The van der Waals surface area contributed by atoms with Crippen LogP contribution < -0.4 is 67.7 Å². The Hall–Kier alpha value is -6.03. The number of carbonyl (C=O) groups is 1. The van der Waals surface area contributed by atoms with Gasteiger partial charge in [-0.25, -0.2) is 37.9 Å². The molecule has 5 saturated heterocycles. The first-order chi connectivity index (χ1) is 57.1. The fourth-order valence-corrected chi connectivity index (χ4v) is 20.5. The fourth-order valence-electron chi connectivity index (χ4n) is 13.8. The van der Waals surface area contributed by atoms with Gasteiger partial charge in [0.1, 0.15) is 85.5 Å². The second kappa shape index (κ2) is 41.2. The molecule has 6 aromatic rings. The van der Waals surface area contributed by atoms with Crippen LogP contribution in [-0.2, 0) is 109 Å². The van der Waals surface area contributed by atoms with Gasteiger partial charge in [-0.3, -0.25) is 84.1 Å². The van der Waals surface area contributed by atoms with Crippen LogP contribution in [0.15, 0.2) is 82.9 Å². The molecule has 1 amide bonds. The van der Waals surface area contributed by atoms with E-state index in [1.807, 2.05) is 41.5 Å². The first kappa shape index (κ1) is 95.6. The van der Waals surface area contributed by atoms with Crippen LogP contribution in [0.2, 0.25) is 0 Å². The lowest BCUT2D eigenvalue weighted by Crippen LogP contribution is -2.35. The number of aromatic nitrogens is 12. The molecule has 11 rings (SSSR count). The number of fused-ring (bicyclic) bond motifs is 1. The highest BCUT2D eigenvalue weighted by molar-refractivity contribution is 8.45. The number of nitrogen functional groups attached to an aromatic ring is 3. The maximum absolute atomic E-state index is 15.0. The molecule has 13 N–H and O–H groups in total. The zero-order valence-electron chi connectivity index (χ0n) is 66.7. The van der Waals surface area contributed by atoms with Crippen LogP contribution in [-0.4, -0.2) is 216 Å². The summed E-state index contributed by atoms with van der Waals surface area (Å²) in [7, 11) is 0. The smallest absolute Gasteiger partial charge is 0.386 e. The number of nitrogens with zero attached hydrogens (tertiary/aromatic N) is 9. The van der Waals surface area contributed by atoms with E-state index in [1.54, 1.807) is 0 Å². The van der Waals surface area contributed by atoms with Crippen LogP contribution in [0.4, 0.5) is 17.6 Å². The van der Waals surface area contributed by atoms with Crippen molar-refractivity contribution in [2.45, 2.75) is 173 Å². The maximum atomic E-state index is 15.0. The Morgan fingerprint density at radius 3 is 1.60 bits per heavy atom. The van der Waals surface area contributed by atoms with Crippen molar-refractivity contribution >= 4 is 110 Å². The van der Waals surface area contributed by atoms with Crippen molar-refractivity contribution < 1.29 is 102 Å². The fraction of sp³-hybridized carbons (Fsp3) is 0.672. The van der Waals surface area contributed by atoms with Gasteiger partial charge in [-0.05, 0) is 61.1 Å². The molecule has 5 aliphatic rings. The summed E-state index contributed by atoms with van der Waals surface area (Å²) in [6, 6.07) is 3.83. The van der Waals surface area contributed by atoms with Gasteiger partial charge in [0.2, 0.25) is 11.9 Å². The van der Waals surface area contributed by atoms with Gasteiger partial charge < -0.3 is 84.8 Å². The second-order valence-corrected chi connectivity index (χ2v) is 42.6. The monoisotopic (exact) mass is 1860 g/mol. The van der Waals surface area contributed by atoms with Gasteiger partial charge >= 0.3 is 49.9 Å². The molecule has 5 aliphatic heterocycles. The summed E-state index contributed by atoms with van der Waals surface area (Å²) >= 11 is 19.1. The summed E-state index contributed by atoms with van der Waals surface area (Å²) in [5, 5.41) is 13.1. The van der Waals surface area contributed by atoms with Gasteiger partial charge in [0.15, 0.2) is 11.2 Å². The number of anilines is 3. The van der Waals surface area contributed by atoms with Crippen LogP contribution in [0.25, 0.3) is 11.2 Å². The molecular weight excluding hydrogens is 1760 g/mol. The molecule has 672 valence electrons. The number of H-pyrrole nitrogens is 3. The highest BCUT2D eigenvalue weighted by Crippen LogP contribution is 2.61. The van der Waals surface area contributed by atoms with E-state index in [0.29, 0.717) is 26.2 Å². The van der Waals surface area contributed by atoms with Gasteiger partial charge in [0.25, 0.3) is 16.7 Å². The maximum Gasteiger partial charge on any atom is 0.386 e. The zero-order valence-corrected chi connectivity index (χ0v) is 73.8. The summed E-state index contributed by atoms with van der Waals surface area (Å²) in [4.78, 5) is 126. The van der Waals surface area contributed by atoms with E-state index in [9.17, 15) is 52.6 Å². The predicted octanol–water partition coefficient (Wildman–Crippen LogP) is 3.02. The Labute approximate surface area is 710 Å². The summed E-state index contributed by atoms with van der Waals surface area (Å²) in [5.74, 6) is -0.884. The highest BCUT2D eigenvalue weighted by atomic mass is 32.7. The van der Waals surface area contributed by atoms with Crippen LogP contribution in [0.1, 0.15) is 117 Å². The number of hydrogen-bond acceptors (Lipinski definition) is 38. The summed E-state index contributed by atoms with van der Waals surface area (Å²) < 4.78 is 154. The van der Waals surface area contributed by atoms with Crippen molar-refractivity contribution in [1.82, 2.24) is 63.0 Å². The van der Waals surface area contributed by atoms with Crippen LogP contribution in [0.3, 0.4) is 0 Å². The van der Waals surface area contributed by atoms with E-state index in [0.717, 1.165) is 26.0 Å². The zero-order chi connectivity index (χ0) is 87.7. The molecule has 9 unspecified atom stereocenters. The Kier molecular flexibility index (Phi) is 32.5. The lowest BCUT2D eigenvalue weighted by molar-refractivity contribution is -0.124. The van der Waals surface area contributed by atoms with E-state index in [2.05, 4.69) is 77.0 Å². The number of aliphatic hydroxyl groups is 1. The number of aliphatic hydroxyl groups excluding tert-OH is 1. The third-order valence-corrected chi connectivity index (χ3v) is 27.3. The number of aromatic amines is 3. The van der Waals surface area contributed by atoms with Gasteiger partial charge in [-0.2, -0.15) is 15.0 Å². The van der Waals surface area contributed by atoms with Crippen LogP contribution >= 0.6 is 63.9 Å². The Morgan fingerprint density at radius 2 is 1.06 bits per heavy atom. The minimum absolute atomic E-state index is 0.0108. The molecule has 0 aliphatic carbocycles. The molecule has 0 spiro atoms. The SMILES string of the molecule is Cc1cn([C@H]2CC(OP(=S)(OCCOCCOCCNC(=O)CC(C)(C)COCC(C)(C)CN)OC[C@H]3O[C@@H](n4ccc(N)nc4=O)CC3C(C)C)[C@@H](COP(=O)(S)OC3C[C@H](n4cnc5c(=O)[nH]c(N)nc54)O[C@@H]3COP(=O)(S)OC3C[C@H](n4ccc(N)nc4=O)O[C@@H]3COP(=O)(S)OC3C[C@H](n4ccc(=O)[nH]c4=O)O[C@@H]3CO)O2)c(=O)[nH]c1=O. The third-order valence-electron chi connectivity index (χ3n) is 20.0. The quantitative estimate of drug-likeness (QED) is 0.0149. The van der Waals surface area contributed by atoms with E-state index in [1.165, 1.54) is 53.1 Å². The van der Waals surface area contributed by atoms with Gasteiger partial charge in [0, 0.05) is 80.5 Å². The number of carbonyl (C=O) groups excluding carboxylic acids is 1. The number of nitrogens with two attached hydrogens (primary N) is 4. The summed E-state index contributed by atoms with van der Waals surface area (Å²) in [5.41, 5.74) is 17.3. The number of rotatable bonds is 44. The number of nitrogens with one attached hydrogen (secondary N) is 4. The van der Waals surface area contributed by atoms with Gasteiger partial charge in [0.05, 0.1) is 97.8 Å². The average molecular weight is 1860 g/mol. The molecule has 0 saturated carbocycles. The first-order valence-corrected chi connectivity index (χ1v) is 48.9. The van der Waals surface area contributed by atoms with E-state index in [-0.39, 0.29) is 136 Å². The second-order valence-electron chi connectivity index (χ2n) is 31.0. The molecule has 0 radical (unpaired) electrons. The standard InChI is InChI=1S/C67H101N17O29P4S4/c1-36(2)38-20-52(80-12-8-48(69)74-62(80)90)106-44(38)28-104-117(121,100-19-18-98-17-16-97-15-11-72-51(87)25-66(4,5)33-99-34-67(6,7)32-68)113-42-24-55(83-26-37(3)59(88)79-65(83)93)108-47(42)31-103-116(96,120)112-41-23-56(84-35-73-57-58(84)77-61(71)78-60(57)89)109-46(41)30-102-115(95,119)111-40-22-54(81-13-9-49(70)75-63(81)91)107-45(40)29-101-114(94,118)110-39-21-53(105-43(39)27-85)82-14-10-50(86)76-64(82)92/h8-10,12-14,26,35-36,38-47,52-56,85H,11,15-25,27-34,68H2,1-7H3,(H,72,87)(H,94,118)(H,95,119)(H,96,120)(H2,69,74,90)(H2,70,75,91)(H,76,86,92)(H,79,88,93)(H3,71,77,78,89)/t38?,39?,40?,41?,42?,43-,44-,45-,46-,47-,52-,53-,54-,55-,56-,114?,115?,116?,117?/m1/s1. The lowest BCUT2D eigenvalue weighted by Gasteiger charge is -2.30. The molecule has 121 heavy (non-hydrogen) atoms. The molecule has 54 heteroatoms. The molecule has 0 aromatic carbocycles. The average Bonchev–Trinajstić information content (AvgIpc) is 1.42. The predicted molar refractivity (Wildman–Crippen MR) is 444 cm³/mol. The molecule has 5 fully saturated rings. The van der Waals surface area contributed by atoms with Gasteiger partial charge in [-0.1, -0.05) is 78.3 Å². The molecule has 19 atom stereocenters. The van der Waals surface area contributed by atoms with Crippen molar-refractivity contribution in [1.29, 1.82) is 0 Å². The number of amides is 1. The minimum atomic E-state index is -4.80. The van der Waals surface area contributed by atoms with Crippen molar-refractivity contribution in [3.63, 3.8) is 0 Å². The van der Waals surface area contributed by atoms with Crippen LogP contribution in [0.5, 0.6) is 0 Å². The largest absolute Gasteiger partial charge is 0.394 e. The van der Waals surface area contributed by atoms with Crippen LogP contribution in [0, 0.1) is 29.6 Å². The highest BCUT2D eigenvalue weighted by Gasteiger charge is 2.50. The first-order valence-electron chi connectivity index (χ1n) is 38.3. The summed E-state index contributed by atoms with van der Waals surface area (Å²) in [6.07, 6.45) is -11.3. The van der Waals surface area contributed by atoms with Crippen molar-refractivity contribution in [3.8, 4) is 0 Å². The Bertz CT molecular complexity index is 5250. The number of aryl methyl sites for hydroxylation is 1. The number of ether oxygens (including phenoxy) is 8. The van der Waals surface area contributed by atoms with Crippen molar-refractivity contribution in [2.24, 2.45) is 28.4 Å². The minimum Gasteiger partial charge on any atom is -0.394 e. The number of thiol groups is 3. The van der Waals surface area contributed by atoms with E-state index < -0.39 is 184 Å². The third kappa shape index (κ3) is 26.1. The number of hydrogen-bond donors (Lipinski definition) is 12. The lowest BCUT2D eigenvalue weighted by atomic mass is 9.89. The van der Waals surface area contributed by atoms with E-state index >= 15 is 4.57 Å². The Morgan fingerprint density at radius 1 is 0.587 bits per heavy atom.